The van der Waals surface area contributed by atoms with Crippen LogP contribution in [0.2, 0.25) is 0 Å². The first kappa shape index (κ1) is 13.5. The fraction of sp³-hybridized carbons (Fsp3) is 0.286. The van der Waals surface area contributed by atoms with Crippen LogP contribution in [-0.4, -0.2) is 16.9 Å². The molecule has 5 heteroatoms. The number of hydrogen-bond acceptors (Lipinski definition) is 5. The number of rotatable bonds is 5. The van der Waals surface area contributed by atoms with Crippen LogP contribution in [0.3, 0.4) is 0 Å². The van der Waals surface area contributed by atoms with Crippen molar-refractivity contribution in [1.82, 2.24) is 4.37 Å². The molecule has 0 spiro atoms. The molecule has 0 unspecified atom stereocenters. The molecule has 0 bridgehead atoms. The fourth-order valence-electron chi connectivity index (χ4n) is 1.71. The Hall–Kier alpha value is -1.88. The monoisotopic (exact) mass is 276 g/mol. The van der Waals surface area contributed by atoms with E-state index in [4.69, 9.17) is 4.74 Å². The molecule has 0 aliphatic rings. The maximum atomic E-state index is 11.8. The quantitative estimate of drug-likeness (QED) is 0.852. The van der Waals surface area contributed by atoms with Crippen molar-refractivity contribution in [1.29, 1.82) is 0 Å². The van der Waals surface area contributed by atoms with Gasteiger partial charge in [0.1, 0.15) is 0 Å². The van der Waals surface area contributed by atoms with E-state index in [1.165, 1.54) is 11.5 Å². The predicted octanol–water partition coefficient (Wildman–Crippen LogP) is 3.24. The normalized spacial score (nSPS) is 10.2. The first-order valence-corrected chi connectivity index (χ1v) is 6.91. The molecule has 0 aliphatic carbocycles. The lowest BCUT2D eigenvalue weighted by Crippen LogP contribution is -2.09. The largest absolute Gasteiger partial charge is 0.461 e. The molecule has 2 rings (SSSR count). The van der Waals surface area contributed by atoms with Crippen LogP contribution in [0.1, 0.15) is 27.9 Å². The van der Waals surface area contributed by atoms with E-state index in [1.54, 1.807) is 6.92 Å². The minimum absolute atomic E-state index is 0.355. The second-order valence-corrected chi connectivity index (χ2v) is 5.00. The van der Waals surface area contributed by atoms with Crippen molar-refractivity contribution < 1.29 is 9.53 Å². The number of ether oxygens (including phenoxy) is 1. The van der Waals surface area contributed by atoms with E-state index in [9.17, 15) is 4.79 Å². The Morgan fingerprint density at radius 3 is 2.79 bits per heavy atom. The summed E-state index contributed by atoms with van der Waals surface area (Å²) < 4.78 is 9.15. The summed E-state index contributed by atoms with van der Waals surface area (Å²) in [6.45, 7) is 4.74. The van der Waals surface area contributed by atoms with Gasteiger partial charge in [-0.3, -0.25) is 0 Å². The first-order chi connectivity index (χ1) is 9.22. The SMILES string of the molecule is CCOC(=O)c1nsc(C)c1NCc1ccccc1. The number of hydrogen-bond donors (Lipinski definition) is 1. The summed E-state index contributed by atoms with van der Waals surface area (Å²) in [4.78, 5) is 12.8. The third-order valence-corrected chi connectivity index (χ3v) is 3.40. The lowest BCUT2D eigenvalue weighted by Gasteiger charge is -2.07. The number of benzene rings is 1. The molecule has 100 valence electrons. The summed E-state index contributed by atoms with van der Waals surface area (Å²) in [6.07, 6.45) is 0. The number of anilines is 1. The molecule has 0 amide bonds. The number of carbonyl (C=O) groups excluding carboxylic acids is 1. The third kappa shape index (κ3) is 3.32. The highest BCUT2D eigenvalue weighted by Crippen LogP contribution is 2.25. The zero-order valence-electron chi connectivity index (χ0n) is 11.0. The van der Waals surface area contributed by atoms with Crippen LogP contribution in [0.4, 0.5) is 5.69 Å². The molecule has 0 atom stereocenters. The summed E-state index contributed by atoms with van der Waals surface area (Å²) in [7, 11) is 0. The molecule has 1 N–H and O–H groups in total. The van der Waals surface area contributed by atoms with E-state index < -0.39 is 0 Å². The van der Waals surface area contributed by atoms with Gasteiger partial charge in [0.2, 0.25) is 0 Å². The van der Waals surface area contributed by atoms with Crippen LogP contribution in [0, 0.1) is 6.92 Å². The highest BCUT2D eigenvalue weighted by atomic mass is 32.1. The summed E-state index contributed by atoms with van der Waals surface area (Å²) in [5, 5.41) is 3.26. The maximum absolute atomic E-state index is 11.8. The van der Waals surface area contributed by atoms with Crippen molar-refractivity contribution in [2.24, 2.45) is 0 Å². The standard InChI is InChI=1S/C14H16N2O2S/c1-3-18-14(17)13-12(10(2)19-16-13)15-9-11-7-5-4-6-8-11/h4-8,15H,3,9H2,1-2H3. The second-order valence-electron chi connectivity index (χ2n) is 4.02. The van der Waals surface area contributed by atoms with Crippen molar-refractivity contribution in [3.63, 3.8) is 0 Å². The third-order valence-electron chi connectivity index (χ3n) is 2.64. The minimum atomic E-state index is -0.373. The Morgan fingerprint density at radius 1 is 1.37 bits per heavy atom. The molecule has 4 nitrogen and oxygen atoms in total. The van der Waals surface area contributed by atoms with Gasteiger partial charge in [-0.05, 0) is 30.9 Å². The van der Waals surface area contributed by atoms with Gasteiger partial charge in [-0.25, -0.2) is 4.79 Å². The second kappa shape index (κ2) is 6.33. The average Bonchev–Trinajstić information content (AvgIpc) is 2.79. The van der Waals surface area contributed by atoms with Crippen LogP contribution in [0.5, 0.6) is 0 Å². The predicted molar refractivity (Wildman–Crippen MR) is 76.6 cm³/mol. The topological polar surface area (TPSA) is 51.2 Å². The average molecular weight is 276 g/mol. The summed E-state index contributed by atoms with van der Waals surface area (Å²) in [5.41, 5.74) is 2.30. The number of esters is 1. The van der Waals surface area contributed by atoms with Crippen molar-refractivity contribution in [2.45, 2.75) is 20.4 Å². The molecule has 2 aromatic rings. The van der Waals surface area contributed by atoms with Crippen molar-refractivity contribution in [3.05, 3.63) is 46.5 Å². The molecule has 0 fully saturated rings. The molecule has 0 saturated heterocycles. The van der Waals surface area contributed by atoms with Gasteiger partial charge in [0.25, 0.3) is 0 Å². The van der Waals surface area contributed by atoms with E-state index in [0.717, 1.165) is 16.1 Å². The summed E-state index contributed by atoms with van der Waals surface area (Å²) in [5.74, 6) is -0.373. The number of aryl methyl sites for hydroxylation is 1. The Bertz CT molecular complexity index is 552. The Balaban J connectivity index is 2.11. The van der Waals surface area contributed by atoms with Gasteiger partial charge in [0.15, 0.2) is 5.69 Å². The molecule has 1 aromatic heterocycles. The van der Waals surface area contributed by atoms with Gasteiger partial charge in [0, 0.05) is 11.4 Å². The summed E-state index contributed by atoms with van der Waals surface area (Å²) >= 11 is 1.31. The van der Waals surface area contributed by atoms with E-state index in [-0.39, 0.29) is 5.97 Å². The highest BCUT2D eigenvalue weighted by molar-refractivity contribution is 7.06. The number of carbonyl (C=O) groups is 1. The van der Waals surface area contributed by atoms with Gasteiger partial charge < -0.3 is 10.1 Å². The number of aromatic nitrogens is 1. The number of nitrogens with zero attached hydrogens (tertiary/aromatic N) is 1. The van der Waals surface area contributed by atoms with Gasteiger partial charge in [0.05, 0.1) is 12.3 Å². The van der Waals surface area contributed by atoms with Crippen LogP contribution in [-0.2, 0) is 11.3 Å². The summed E-state index contributed by atoms with van der Waals surface area (Å²) in [6, 6.07) is 10.0. The molecule has 0 aliphatic heterocycles. The Morgan fingerprint density at radius 2 is 2.11 bits per heavy atom. The molecule has 1 heterocycles. The van der Waals surface area contributed by atoms with Crippen molar-refractivity contribution in [2.75, 3.05) is 11.9 Å². The molecule has 0 radical (unpaired) electrons. The van der Waals surface area contributed by atoms with E-state index in [2.05, 4.69) is 9.69 Å². The van der Waals surface area contributed by atoms with Gasteiger partial charge in [-0.1, -0.05) is 30.3 Å². The smallest absolute Gasteiger partial charge is 0.360 e. The lowest BCUT2D eigenvalue weighted by molar-refractivity contribution is 0.0522. The Kier molecular flexibility index (Phi) is 4.52. The fourth-order valence-corrected chi connectivity index (χ4v) is 2.36. The van der Waals surface area contributed by atoms with E-state index in [1.807, 2.05) is 37.3 Å². The van der Waals surface area contributed by atoms with Crippen LogP contribution >= 0.6 is 11.5 Å². The maximum Gasteiger partial charge on any atom is 0.360 e. The molecular formula is C14H16N2O2S. The van der Waals surface area contributed by atoms with Crippen molar-refractivity contribution >= 4 is 23.2 Å². The van der Waals surface area contributed by atoms with Crippen molar-refractivity contribution in [3.8, 4) is 0 Å². The molecule has 19 heavy (non-hydrogen) atoms. The zero-order chi connectivity index (χ0) is 13.7. The zero-order valence-corrected chi connectivity index (χ0v) is 11.8. The van der Waals surface area contributed by atoms with Crippen LogP contribution in [0.15, 0.2) is 30.3 Å². The lowest BCUT2D eigenvalue weighted by atomic mass is 10.2. The molecule has 1 aromatic carbocycles. The number of nitrogens with one attached hydrogen (secondary N) is 1. The van der Waals surface area contributed by atoms with E-state index in [0.29, 0.717) is 18.8 Å². The van der Waals surface area contributed by atoms with Gasteiger partial charge >= 0.3 is 5.97 Å². The van der Waals surface area contributed by atoms with Crippen LogP contribution < -0.4 is 5.32 Å². The van der Waals surface area contributed by atoms with Gasteiger partial charge in [-0.15, -0.1) is 0 Å². The van der Waals surface area contributed by atoms with E-state index >= 15 is 0 Å². The van der Waals surface area contributed by atoms with Crippen LogP contribution in [0.25, 0.3) is 0 Å². The first-order valence-electron chi connectivity index (χ1n) is 6.13. The Labute approximate surface area is 116 Å². The highest BCUT2D eigenvalue weighted by Gasteiger charge is 2.18. The van der Waals surface area contributed by atoms with Gasteiger partial charge in [-0.2, -0.15) is 4.37 Å². The molecule has 0 saturated carbocycles. The minimum Gasteiger partial charge on any atom is -0.461 e. The molecular weight excluding hydrogens is 260 g/mol.